The van der Waals surface area contributed by atoms with Crippen molar-refractivity contribution in [2.75, 3.05) is 36.0 Å². The van der Waals surface area contributed by atoms with E-state index in [1.54, 1.807) is 0 Å². The lowest BCUT2D eigenvalue weighted by Gasteiger charge is -2.37. The maximum atomic E-state index is 9.44. The zero-order chi connectivity index (χ0) is 16.4. The van der Waals surface area contributed by atoms with Gasteiger partial charge in [0.05, 0.1) is 16.9 Å². The van der Waals surface area contributed by atoms with Gasteiger partial charge in [0, 0.05) is 42.5 Å². The van der Waals surface area contributed by atoms with Gasteiger partial charge in [-0.3, -0.25) is 4.98 Å². The normalized spacial score (nSPS) is 14.7. The molecule has 2 aromatic rings. The van der Waals surface area contributed by atoms with Crippen LogP contribution in [0.3, 0.4) is 0 Å². The molecule has 6 heteroatoms. The van der Waals surface area contributed by atoms with Crippen LogP contribution in [0.15, 0.2) is 28.9 Å². The van der Waals surface area contributed by atoms with E-state index < -0.39 is 0 Å². The molecule has 118 valence electrons. The summed E-state index contributed by atoms with van der Waals surface area (Å²) in [4.78, 5) is 13.4. The highest BCUT2D eigenvalue weighted by Crippen LogP contribution is 2.25. The number of nitrogens with zero attached hydrogens (tertiary/aromatic N) is 5. The fourth-order valence-corrected chi connectivity index (χ4v) is 3.16. The van der Waals surface area contributed by atoms with Crippen LogP contribution in [0.25, 0.3) is 0 Å². The summed E-state index contributed by atoms with van der Waals surface area (Å²) < 4.78 is 0.987. The molecule has 0 saturated carbocycles. The third-order valence-electron chi connectivity index (χ3n) is 4.08. The first kappa shape index (κ1) is 15.8. The predicted octanol–water partition coefficient (Wildman–Crippen LogP) is 3.05. The van der Waals surface area contributed by atoms with Crippen LogP contribution < -0.4 is 9.80 Å². The van der Waals surface area contributed by atoms with E-state index in [1.165, 1.54) is 0 Å². The number of rotatable bonds is 2. The molecular formula is C17H18BrN5. The summed E-state index contributed by atoms with van der Waals surface area (Å²) in [7, 11) is 0. The van der Waals surface area contributed by atoms with Gasteiger partial charge in [-0.05, 0) is 48.0 Å². The second-order valence-corrected chi connectivity index (χ2v) is 6.58. The second kappa shape index (κ2) is 6.55. The minimum absolute atomic E-state index is 0.686. The largest absolute Gasteiger partial charge is 0.367 e. The van der Waals surface area contributed by atoms with Gasteiger partial charge < -0.3 is 9.80 Å². The van der Waals surface area contributed by atoms with Crippen LogP contribution in [0.5, 0.6) is 0 Å². The Morgan fingerprint density at radius 1 is 1.13 bits per heavy atom. The van der Waals surface area contributed by atoms with Crippen molar-refractivity contribution in [2.24, 2.45) is 0 Å². The third-order valence-corrected chi connectivity index (χ3v) is 4.54. The number of anilines is 2. The highest BCUT2D eigenvalue weighted by atomic mass is 79.9. The lowest BCUT2D eigenvalue weighted by Crippen LogP contribution is -2.47. The Labute approximate surface area is 144 Å². The number of aromatic nitrogens is 2. The quantitative estimate of drug-likeness (QED) is 0.811. The molecule has 3 rings (SSSR count). The molecule has 0 amide bonds. The minimum atomic E-state index is 0.686. The maximum absolute atomic E-state index is 9.44. The van der Waals surface area contributed by atoms with Crippen LogP contribution in [0.1, 0.15) is 17.0 Å². The van der Waals surface area contributed by atoms with Gasteiger partial charge in [-0.1, -0.05) is 0 Å². The predicted molar refractivity (Wildman–Crippen MR) is 94.8 cm³/mol. The van der Waals surface area contributed by atoms with Gasteiger partial charge in [0.2, 0.25) is 0 Å². The van der Waals surface area contributed by atoms with E-state index in [2.05, 4.69) is 41.8 Å². The molecular weight excluding hydrogens is 354 g/mol. The molecule has 0 radical (unpaired) electrons. The van der Waals surface area contributed by atoms with Crippen molar-refractivity contribution in [3.05, 3.63) is 45.8 Å². The molecule has 1 aliphatic rings. The number of hydrogen-bond acceptors (Lipinski definition) is 5. The van der Waals surface area contributed by atoms with Crippen molar-refractivity contribution in [1.82, 2.24) is 9.97 Å². The highest BCUT2D eigenvalue weighted by Gasteiger charge is 2.21. The maximum Gasteiger partial charge on any atom is 0.128 e. The van der Waals surface area contributed by atoms with Crippen LogP contribution in [0.4, 0.5) is 11.5 Å². The van der Waals surface area contributed by atoms with Crippen molar-refractivity contribution in [2.45, 2.75) is 13.8 Å². The fraction of sp³-hybridized carbons (Fsp3) is 0.353. The summed E-state index contributed by atoms with van der Waals surface area (Å²) in [6, 6.07) is 8.36. The van der Waals surface area contributed by atoms with Gasteiger partial charge in [0.25, 0.3) is 0 Å². The summed E-state index contributed by atoms with van der Waals surface area (Å²) in [5.74, 6) is 0.996. The molecule has 2 aromatic heterocycles. The molecule has 3 heterocycles. The fourth-order valence-electron chi connectivity index (χ4n) is 2.93. The first-order valence-electron chi connectivity index (χ1n) is 7.58. The van der Waals surface area contributed by atoms with Crippen molar-refractivity contribution in [3.8, 4) is 6.07 Å². The molecule has 0 aliphatic carbocycles. The third kappa shape index (κ3) is 3.30. The van der Waals surface area contributed by atoms with E-state index in [4.69, 9.17) is 0 Å². The Morgan fingerprint density at radius 2 is 1.83 bits per heavy atom. The van der Waals surface area contributed by atoms with Crippen LogP contribution in [0.2, 0.25) is 0 Å². The molecule has 0 bridgehead atoms. The van der Waals surface area contributed by atoms with Gasteiger partial charge >= 0.3 is 0 Å². The molecule has 5 nitrogen and oxygen atoms in total. The minimum Gasteiger partial charge on any atom is -0.367 e. The first-order chi connectivity index (χ1) is 11.1. The Kier molecular flexibility index (Phi) is 4.49. The number of aryl methyl sites for hydroxylation is 2. The Bertz CT molecular complexity index is 743. The molecule has 0 unspecified atom stereocenters. The van der Waals surface area contributed by atoms with Crippen molar-refractivity contribution in [1.29, 1.82) is 5.26 Å². The van der Waals surface area contributed by atoms with E-state index in [-0.39, 0.29) is 0 Å². The summed E-state index contributed by atoms with van der Waals surface area (Å²) in [6.45, 7) is 7.39. The molecule has 0 aromatic carbocycles. The highest BCUT2D eigenvalue weighted by molar-refractivity contribution is 9.10. The van der Waals surface area contributed by atoms with Gasteiger partial charge in [0.1, 0.15) is 11.9 Å². The van der Waals surface area contributed by atoms with E-state index in [0.29, 0.717) is 5.56 Å². The molecule has 0 N–H and O–H groups in total. The average Bonchev–Trinajstić information content (AvgIpc) is 2.55. The van der Waals surface area contributed by atoms with Crippen LogP contribution in [-0.2, 0) is 0 Å². The van der Waals surface area contributed by atoms with Crippen LogP contribution in [0, 0.1) is 25.2 Å². The Balaban J connectivity index is 1.77. The summed E-state index contributed by atoms with van der Waals surface area (Å²) in [5.41, 5.74) is 3.44. The standard InChI is InChI=1S/C17H18BrN5/c1-12-9-16(15(10-19)13(2)21-12)22-5-7-23(8-6-22)17-4-3-14(18)11-20-17/h3-4,9,11H,5-8H2,1-2H3. The van der Waals surface area contributed by atoms with Crippen LogP contribution >= 0.6 is 15.9 Å². The number of nitriles is 1. The Hall–Kier alpha value is -2.13. The monoisotopic (exact) mass is 371 g/mol. The van der Waals surface area contributed by atoms with E-state index >= 15 is 0 Å². The lowest BCUT2D eigenvalue weighted by molar-refractivity contribution is 0.646. The Morgan fingerprint density at radius 3 is 2.43 bits per heavy atom. The number of pyridine rings is 2. The second-order valence-electron chi connectivity index (χ2n) is 5.66. The smallest absolute Gasteiger partial charge is 0.128 e. The van der Waals surface area contributed by atoms with E-state index in [1.807, 2.05) is 38.2 Å². The SMILES string of the molecule is Cc1cc(N2CCN(c3ccc(Br)cn3)CC2)c(C#N)c(C)n1. The van der Waals surface area contributed by atoms with Crippen molar-refractivity contribution in [3.63, 3.8) is 0 Å². The van der Waals surface area contributed by atoms with Gasteiger partial charge in [0.15, 0.2) is 0 Å². The molecule has 0 atom stereocenters. The van der Waals surface area contributed by atoms with E-state index in [0.717, 1.165) is 53.5 Å². The summed E-state index contributed by atoms with van der Waals surface area (Å²) in [5, 5.41) is 9.44. The molecule has 1 saturated heterocycles. The number of hydrogen-bond donors (Lipinski definition) is 0. The van der Waals surface area contributed by atoms with Crippen molar-refractivity contribution >= 4 is 27.4 Å². The lowest BCUT2D eigenvalue weighted by atomic mass is 10.1. The summed E-state index contributed by atoms with van der Waals surface area (Å²) in [6.07, 6.45) is 1.82. The van der Waals surface area contributed by atoms with Gasteiger partial charge in [-0.2, -0.15) is 5.26 Å². The van der Waals surface area contributed by atoms with Gasteiger partial charge in [-0.25, -0.2) is 4.98 Å². The average molecular weight is 372 g/mol. The number of halogens is 1. The van der Waals surface area contributed by atoms with E-state index in [9.17, 15) is 5.26 Å². The zero-order valence-electron chi connectivity index (χ0n) is 13.3. The number of piperazine rings is 1. The van der Waals surface area contributed by atoms with Crippen molar-refractivity contribution < 1.29 is 0 Å². The molecule has 23 heavy (non-hydrogen) atoms. The molecule has 1 aliphatic heterocycles. The molecule has 1 fully saturated rings. The summed E-state index contributed by atoms with van der Waals surface area (Å²) >= 11 is 3.41. The topological polar surface area (TPSA) is 56.0 Å². The molecule has 0 spiro atoms. The first-order valence-corrected chi connectivity index (χ1v) is 8.37. The zero-order valence-corrected chi connectivity index (χ0v) is 14.8. The van der Waals surface area contributed by atoms with Gasteiger partial charge in [-0.15, -0.1) is 0 Å². The van der Waals surface area contributed by atoms with Crippen LogP contribution in [-0.4, -0.2) is 36.1 Å².